The molecule has 0 amide bonds. The second-order valence-corrected chi connectivity index (χ2v) is 6.24. The first-order valence-electron chi connectivity index (χ1n) is 8.16. The van der Waals surface area contributed by atoms with Gasteiger partial charge in [0.2, 0.25) is 5.78 Å². The molecule has 0 unspecified atom stereocenters. The zero-order valence-corrected chi connectivity index (χ0v) is 16.4. The molecule has 0 fully saturated rings. The summed E-state index contributed by atoms with van der Waals surface area (Å²) < 4.78 is 20.8. The van der Waals surface area contributed by atoms with Crippen LogP contribution in [0.5, 0.6) is 17.2 Å². The molecular formula is C20H21ClO6. The standard InChI is InChI=1S/C20H21ClO6/c1-12-7-14(21)8-13(2)20(12)27-11-19(23)26-10-17(22)16-6-5-15(24-3)9-18(16)25-4/h5-9H,10-11H2,1-4H3. The summed E-state index contributed by atoms with van der Waals surface area (Å²) in [4.78, 5) is 24.2. The van der Waals surface area contributed by atoms with Gasteiger partial charge in [0.25, 0.3) is 0 Å². The molecule has 0 aliphatic carbocycles. The molecule has 0 spiro atoms. The van der Waals surface area contributed by atoms with Gasteiger partial charge >= 0.3 is 5.97 Å². The van der Waals surface area contributed by atoms with Crippen LogP contribution in [0.4, 0.5) is 0 Å². The first-order valence-corrected chi connectivity index (χ1v) is 8.54. The van der Waals surface area contributed by atoms with Crippen LogP contribution < -0.4 is 14.2 Å². The normalized spacial score (nSPS) is 10.3. The van der Waals surface area contributed by atoms with Crippen molar-refractivity contribution in [2.45, 2.75) is 13.8 Å². The van der Waals surface area contributed by atoms with Crippen molar-refractivity contribution in [3.8, 4) is 17.2 Å². The van der Waals surface area contributed by atoms with Crippen LogP contribution in [0.1, 0.15) is 21.5 Å². The summed E-state index contributed by atoms with van der Waals surface area (Å²) in [6, 6.07) is 8.27. The summed E-state index contributed by atoms with van der Waals surface area (Å²) in [6.07, 6.45) is 0. The zero-order chi connectivity index (χ0) is 20.0. The van der Waals surface area contributed by atoms with Crippen molar-refractivity contribution < 1.29 is 28.5 Å². The molecule has 0 N–H and O–H groups in total. The number of carbonyl (C=O) groups is 2. The van der Waals surface area contributed by atoms with E-state index in [1.165, 1.54) is 14.2 Å². The molecule has 0 aliphatic rings. The Bertz CT molecular complexity index is 823. The van der Waals surface area contributed by atoms with E-state index >= 15 is 0 Å². The Balaban J connectivity index is 1.93. The molecule has 0 saturated heterocycles. The average molecular weight is 393 g/mol. The smallest absolute Gasteiger partial charge is 0.344 e. The predicted molar refractivity (Wildman–Crippen MR) is 101 cm³/mol. The number of aryl methyl sites for hydroxylation is 2. The van der Waals surface area contributed by atoms with Crippen LogP contribution in [-0.2, 0) is 9.53 Å². The summed E-state index contributed by atoms with van der Waals surface area (Å²) in [5.74, 6) is 0.437. The molecule has 27 heavy (non-hydrogen) atoms. The van der Waals surface area contributed by atoms with Gasteiger partial charge in [0.15, 0.2) is 13.2 Å². The third-order valence-electron chi connectivity index (χ3n) is 3.83. The van der Waals surface area contributed by atoms with Crippen LogP contribution in [0, 0.1) is 13.8 Å². The average Bonchev–Trinajstić information content (AvgIpc) is 2.64. The van der Waals surface area contributed by atoms with Crippen LogP contribution in [0.2, 0.25) is 5.02 Å². The topological polar surface area (TPSA) is 71.1 Å². The summed E-state index contributed by atoms with van der Waals surface area (Å²) in [5.41, 5.74) is 1.93. The highest BCUT2D eigenvalue weighted by atomic mass is 35.5. The third kappa shape index (κ3) is 5.37. The first-order chi connectivity index (χ1) is 12.8. The van der Waals surface area contributed by atoms with Gasteiger partial charge in [-0.05, 0) is 49.2 Å². The first kappa shape index (κ1) is 20.6. The van der Waals surface area contributed by atoms with Crippen molar-refractivity contribution >= 4 is 23.4 Å². The molecule has 0 saturated carbocycles. The number of hydrogen-bond donors (Lipinski definition) is 0. The molecule has 7 heteroatoms. The molecule has 0 bridgehead atoms. The van der Waals surface area contributed by atoms with Crippen molar-refractivity contribution in [2.75, 3.05) is 27.4 Å². The van der Waals surface area contributed by atoms with Crippen LogP contribution in [-0.4, -0.2) is 39.2 Å². The molecule has 6 nitrogen and oxygen atoms in total. The molecule has 0 atom stereocenters. The molecule has 0 heterocycles. The Morgan fingerprint density at radius 3 is 2.22 bits per heavy atom. The third-order valence-corrected chi connectivity index (χ3v) is 4.05. The second-order valence-electron chi connectivity index (χ2n) is 5.81. The zero-order valence-electron chi connectivity index (χ0n) is 15.6. The van der Waals surface area contributed by atoms with Crippen LogP contribution >= 0.6 is 11.6 Å². The van der Waals surface area contributed by atoms with Crippen LogP contribution in [0.3, 0.4) is 0 Å². The highest BCUT2D eigenvalue weighted by Crippen LogP contribution is 2.27. The number of ether oxygens (including phenoxy) is 4. The minimum Gasteiger partial charge on any atom is -0.497 e. The number of Topliss-reactive ketones (excluding diaryl/α,β-unsaturated/α-hetero) is 1. The molecule has 0 radical (unpaired) electrons. The maximum Gasteiger partial charge on any atom is 0.344 e. The van der Waals surface area contributed by atoms with Crippen molar-refractivity contribution in [3.63, 3.8) is 0 Å². The van der Waals surface area contributed by atoms with Crippen molar-refractivity contribution in [1.82, 2.24) is 0 Å². The fourth-order valence-corrected chi connectivity index (χ4v) is 2.88. The molecule has 2 rings (SSSR count). The van der Waals surface area contributed by atoms with Crippen LogP contribution in [0.15, 0.2) is 30.3 Å². The SMILES string of the molecule is COc1ccc(C(=O)COC(=O)COc2c(C)cc(Cl)cc2C)c(OC)c1. The van der Waals surface area contributed by atoms with E-state index in [4.69, 9.17) is 30.5 Å². The van der Waals surface area contributed by atoms with Gasteiger partial charge in [0.1, 0.15) is 17.2 Å². The quantitative estimate of drug-likeness (QED) is 0.503. The maximum atomic E-state index is 12.3. The van der Waals surface area contributed by atoms with Gasteiger partial charge in [-0.15, -0.1) is 0 Å². The largest absolute Gasteiger partial charge is 0.497 e. The fraction of sp³-hybridized carbons (Fsp3) is 0.300. The van der Waals surface area contributed by atoms with E-state index < -0.39 is 12.6 Å². The summed E-state index contributed by atoms with van der Waals surface area (Å²) in [6.45, 7) is 2.94. The van der Waals surface area contributed by atoms with Gasteiger partial charge in [-0.1, -0.05) is 11.6 Å². The number of ketones is 1. The van der Waals surface area contributed by atoms with E-state index in [0.717, 1.165) is 11.1 Å². The Labute approximate surface area is 162 Å². The minimum atomic E-state index is -0.649. The van der Waals surface area contributed by atoms with Gasteiger partial charge < -0.3 is 18.9 Å². The molecule has 2 aromatic rings. The maximum absolute atomic E-state index is 12.3. The van der Waals surface area contributed by atoms with E-state index in [2.05, 4.69) is 0 Å². The lowest BCUT2D eigenvalue weighted by Crippen LogP contribution is -2.20. The highest BCUT2D eigenvalue weighted by Gasteiger charge is 2.16. The van der Waals surface area contributed by atoms with Gasteiger partial charge in [-0.25, -0.2) is 4.79 Å². The Morgan fingerprint density at radius 2 is 1.63 bits per heavy atom. The molecular weight excluding hydrogens is 372 g/mol. The van der Waals surface area contributed by atoms with Crippen molar-refractivity contribution in [2.24, 2.45) is 0 Å². The number of carbonyl (C=O) groups excluding carboxylic acids is 2. The number of methoxy groups -OCH3 is 2. The molecule has 2 aromatic carbocycles. The van der Waals surface area contributed by atoms with Crippen molar-refractivity contribution in [3.05, 3.63) is 52.0 Å². The molecule has 144 valence electrons. The Kier molecular flexibility index (Phi) is 7.07. The monoisotopic (exact) mass is 392 g/mol. The number of benzene rings is 2. The van der Waals surface area contributed by atoms with E-state index in [0.29, 0.717) is 27.8 Å². The number of rotatable bonds is 8. The lowest BCUT2D eigenvalue weighted by molar-refractivity contribution is -0.144. The number of esters is 1. The number of hydrogen-bond acceptors (Lipinski definition) is 6. The van der Waals surface area contributed by atoms with E-state index in [1.807, 2.05) is 13.8 Å². The van der Waals surface area contributed by atoms with Crippen molar-refractivity contribution in [1.29, 1.82) is 0 Å². The summed E-state index contributed by atoms with van der Waals surface area (Å²) in [7, 11) is 2.96. The molecule has 0 aromatic heterocycles. The van der Waals surface area contributed by atoms with Gasteiger partial charge in [-0.3, -0.25) is 4.79 Å². The van der Waals surface area contributed by atoms with E-state index in [1.54, 1.807) is 30.3 Å². The minimum absolute atomic E-state index is 0.302. The van der Waals surface area contributed by atoms with E-state index in [9.17, 15) is 9.59 Å². The second kappa shape index (κ2) is 9.28. The summed E-state index contributed by atoms with van der Waals surface area (Å²) in [5, 5.41) is 0.596. The predicted octanol–water partition coefficient (Wildman–Crippen LogP) is 3.78. The molecule has 0 aliphatic heterocycles. The van der Waals surface area contributed by atoms with E-state index in [-0.39, 0.29) is 12.4 Å². The van der Waals surface area contributed by atoms with Gasteiger partial charge in [0.05, 0.1) is 19.8 Å². The van der Waals surface area contributed by atoms with Gasteiger partial charge in [-0.2, -0.15) is 0 Å². The lowest BCUT2D eigenvalue weighted by atomic mass is 10.1. The lowest BCUT2D eigenvalue weighted by Gasteiger charge is -2.13. The highest BCUT2D eigenvalue weighted by molar-refractivity contribution is 6.30. The fourth-order valence-electron chi connectivity index (χ4n) is 2.55. The van der Waals surface area contributed by atoms with Crippen LogP contribution in [0.25, 0.3) is 0 Å². The van der Waals surface area contributed by atoms with Gasteiger partial charge in [0, 0.05) is 11.1 Å². The summed E-state index contributed by atoms with van der Waals surface area (Å²) >= 11 is 5.97. The Hall–Kier alpha value is -2.73. The Morgan fingerprint density at radius 1 is 0.963 bits per heavy atom. The number of halogens is 1.